The van der Waals surface area contributed by atoms with E-state index in [9.17, 15) is 13.2 Å². The number of hydrogen-bond donors (Lipinski definition) is 1. The SMILES string of the molecule is CCc1ccc(NC=C2C(=O)c3ccccc3N(Cc3ccc(Cl)cc3)S2(=O)=O)cc1. The number of fused-ring (bicyclic) bond motifs is 1. The van der Waals surface area contributed by atoms with Crippen molar-refractivity contribution in [3.8, 4) is 0 Å². The second kappa shape index (κ2) is 8.57. The van der Waals surface area contributed by atoms with Gasteiger partial charge in [0.1, 0.15) is 0 Å². The van der Waals surface area contributed by atoms with E-state index in [0.29, 0.717) is 22.0 Å². The van der Waals surface area contributed by atoms with Crippen LogP contribution in [0.5, 0.6) is 0 Å². The van der Waals surface area contributed by atoms with Gasteiger partial charge < -0.3 is 5.32 Å². The third kappa shape index (κ3) is 4.22. The van der Waals surface area contributed by atoms with Gasteiger partial charge in [-0.3, -0.25) is 9.10 Å². The van der Waals surface area contributed by atoms with Crippen molar-refractivity contribution in [3.05, 3.63) is 106 Å². The number of rotatable bonds is 5. The third-order valence-corrected chi connectivity index (χ3v) is 7.20. The number of Topliss-reactive ketones (excluding diaryl/α,β-unsaturated/α-hetero) is 1. The summed E-state index contributed by atoms with van der Waals surface area (Å²) in [5.74, 6) is -0.527. The van der Waals surface area contributed by atoms with Crippen molar-refractivity contribution < 1.29 is 13.2 Å². The molecule has 1 aliphatic heterocycles. The molecule has 7 heteroatoms. The highest BCUT2D eigenvalue weighted by atomic mass is 35.5. The second-order valence-corrected chi connectivity index (χ2v) is 9.45. The lowest BCUT2D eigenvalue weighted by Gasteiger charge is -2.31. The maximum absolute atomic E-state index is 13.4. The quantitative estimate of drug-likeness (QED) is 0.527. The molecule has 0 saturated carbocycles. The van der Waals surface area contributed by atoms with Crippen molar-refractivity contribution in [2.45, 2.75) is 19.9 Å². The van der Waals surface area contributed by atoms with E-state index in [-0.39, 0.29) is 11.4 Å². The highest BCUT2D eigenvalue weighted by Gasteiger charge is 2.40. The molecule has 0 atom stereocenters. The standard InChI is InChI=1S/C24H21ClN2O3S/c1-2-17-9-13-20(14-10-17)26-15-23-24(28)21-5-3-4-6-22(21)27(31(23,29)30)16-18-7-11-19(25)12-8-18/h3-15,26H,2,16H2,1H3. The molecule has 0 aromatic heterocycles. The maximum Gasteiger partial charge on any atom is 0.270 e. The van der Waals surface area contributed by atoms with E-state index < -0.39 is 15.8 Å². The van der Waals surface area contributed by atoms with E-state index in [2.05, 4.69) is 12.2 Å². The molecule has 1 aliphatic rings. The zero-order valence-electron chi connectivity index (χ0n) is 16.9. The molecular weight excluding hydrogens is 432 g/mol. The Hall–Kier alpha value is -3.09. The number of hydrogen-bond acceptors (Lipinski definition) is 4. The molecule has 5 nitrogen and oxygen atoms in total. The average molecular weight is 453 g/mol. The first kappa shape index (κ1) is 21.2. The number of halogens is 1. The average Bonchev–Trinajstić information content (AvgIpc) is 2.78. The van der Waals surface area contributed by atoms with E-state index in [4.69, 9.17) is 11.6 Å². The van der Waals surface area contributed by atoms with E-state index in [0.717, 1.165) is 12.0 Å². The minimum Gasteiger partial charge on any atom is -0.360 e. The van der Waals surface area contributed by atoms with Crippen LogP contribution in [-0.4, -0.2) is 14.2 Å². The van der Waals surface area contributed by atoms with Gasteiger partial charge in [0, 0.05) is 22.5 Å². The topological polar surface area (TPSA) is 66.5 Å². The molecule has 0 saturated heterocycles. The molecule has 0 spiro atoms. The molecule has 1 heterocycles. The third-order valence-electron chi connectivity index (χ3n) is 5.18. The highest BCUT2D eigenvalue weighted by molar-refractivity contribution is 7.97. The minimum atomic E-state index is -4.07. The summed E-state index contributed by atoms with van der Waals surface area (Å²) in [6.07, 6.45) is 2.19. The van der Waals surface area contributed by atoms with Crippen LogP contribution < -0.4 is 9.62 Å². The smallest absolute Gasteiger partial charge is 0.270 e. The molecule has 1 N–H and O–H groups in total. The fourth-order valence-corrected chi connectivity index (χ4v) is 5.09. The summed E-state index contributed by atoms with van der Waals surface area (Å²) in [4.78, 5) is 12.8. The number of benzene rings is 3. The van der Waals surface area contributed by atoms with Gasteiger partial charge in [-0.15, -0.1) is 0 Å². The summed E-state index contributed by atoms with van der Waals surface area (Å²) >= 11 is 5.96. The minimum absolute atomic E-state index is 0.0896. The molecule has 0 amide bonds. The van der Waals surface area contributed by atoms with Crippen molar-refractivity contribution in [1.29, 1.82) is 0 Å². The molecule has 3 aromatic rings. The second-order valence-electron chi connectivity index (χ2n) is 7.19. The molecule has 31 heavy (non-hydrogen) atoms. The fourth-order valence-electron chi connectivity index (χ4n) is 3.43. The van der Waals surface area contributed by atoms with Crippen molar-refractivity contribution in [1.82, 2.24) is 0 Å². The van der Waals surface area contributed by atoms with Crippen LogP contribution in [0.3, 0.4) is 0 Å². The monoisotopic (exact) mass is 452 g/mol. The van der Waals surface area contributed by atoms with Crippen LogP contribution in [0.25, 0.3) is 0 Å². The Bertz CT molecular complexity index is 1250. The number of nitrogens with one attached hydrogen (secondary N) is 1. The lowest BCUT2D eigenvalue weighted by Crippen LogP contribution is -2.39. The van der Waals surface area contributed by atoms with Crippen molar-refractivity contribution in [2.75, 3.05) is 9.62 Å². The summed E-state index contributed by atoms with van der Waals surface area (Å²) in [5.41, 5.74) is 3.35. The number of nitrogens with zero attached hydrogens (tertiary/aromatic N) is 1. The van der Waals surface area contributed by atoms with Gasteiger partial charge in [0.2, 0.25) is 5.78 Å². The number of sulfonamides is 1. The number of carbonyl (C=O) groups excluding carboxylic acids is 1. The number of carbonyl (C=O) groups is 1. The largest absolute Gasteiger partial charge is 0.360 e. The van der Waals surface area contributed by atoms with Crippen LogP contribution in [0, 0.1) is 0 Å². The van der Waals surface area contributed by atoms with E-state index in [1.165, 1.54) is 16.1 Å². The number of para-hydroxylation sites is 1. The van der Waals surface area contributed by atoms with Crippen LogP contribution in [0.1, 0.15) is 28.4 Å². The van der Waals surface area contributed by atoms with Crippen molar-refractivity contribution in [2.24, 2.45) is 0 Å². The fraction of sp³-hybridized carbons (Fsp3) is 0.125. The Kier molecular flexibility index (Phi) is 5.85. The van der Waals surface area contributed by atoms with Gasteiger partial charge in [-0.2, -0.15) is 0 Å². The molecule has 158 valence electrons. The summed E-state index contributed by atoms with van der Waals surface area (Å²) in [6.45, 7) is 2.15. The molecule has 3 aromatic carbocycles. The Morgan fingerprint density at radius 3 is 2.26 bits per heavy atom. The first-order valence-corrected chi connectivity index (χ1v) is 11.7. The first-order valence-electron chi connectivity index (χ1n) is 9.86. The molecule has 0 aliphatic carbocycles. The van der Waals surface area contributed by atoms with Crippen LogP contribution in [0.4, 0.5) is 11.4 Å². The van der Waals surface area contributed by atoms with Crippen LogP contribution in [-0.2, 0) is 23.0 Å². The zero-order valence-corrected chi connectivity index (χ0v) is 18.5. The molecule has 0 bridgehead atoms. The highest BCUT2D eigenvalue weighted by Crippen LogP contribution is 2.36. The molecule has 0 radical (unpaired) electrons. The van der Waals surface area contributed by atoms with E-state index in [1.54, 1.807) is 48.5 Å². The Labute approximate surface area is 187 Å². The Morgan fingerprint density at radius 2 is 1.58 bits per heavy atom. The lowest BCUT2D eigenvalue weighted by atomic mass is 10.1. The normalized spacial score (nSPS) is 16.3. The van der Waals surface area contributed by atoms with E-state index in [1.807, 2.05) is 24.3 Å². The molecule has 4 rings (SSSR count). The van der Waals surface area contributed by atoms with Crippen LogP contribution in [0.2, 0.25) is 5.02 Å². The lowest BCUT2D eigenvalue weighted by molar-refractivity contribution is 0.104. The number of ketones is 1. The zero-order chi connectivity index (χ0) is 22.0. The number of allylic oxidation sites excluding steroid dienone is 1. The van der Waals surface area contributed by atoms with E-state index >= 15 is 0 Å². The van der Waals surface area contributed by atoms with Gasteiger partial charge in [-0.05, 0) is 53.9 Å². The first-order chi connectivity index (χ1) is 14.9. The van der Waals surface area contributed by atoms with Gasteiger partial charge in [0.15, 0.2) is 4.91 Å². The van der Waals surface area contributed by atoms with Crippen LogP contribution in [0.15, 0.2) is 83.9 Å². The van der Waals surface area contributed by atoms with Gasteiger partial charge >= 0.3 is 0 Å². The summed E-state index contributed by atoms with van der Waals surface area (Å²) in [6, 6.07) is 21.3. The Morgan fingerprint density at radius 1 is 0.935 bits per heavy atom. The molecular formula is C24H21ClN2O3S. The van der Waals surface area contributed by atoms with Gasteiger partial charge in [0.25, 0.3) is 10.0 Å². The van der Waals surface area contributed by atoms with Gasteiger partial charge in [-0.1, -0.05) is 54.9 Å². The predicted molar refractivity (Wildman–Crippen MR) is 125 cm³/mol. The van der Waals surface area contributed by atoms with Crippen molar-refractivity contribution >= 4 is 38.8 Å². The predicted octanol–water partition coefficient (Wildman–Crippen LogP) is 5.39. The molecule has 0 fully saturated rings. The number of aryl methyl sites for hydroxylation is 1. The molecule has 0 unspecified atom stereocenters. The summed E-state index contributed by atoms with van der Waals surface area (Å²) in [5, 5.41) is 3.54. The summed E-state index contributed by atoms with van der Waals surface area (Å²) in [7, 11) is -4.07. The summed E-state index contributed by atoms with van der Waals surface area (Å²) < 4.78 is 28.2. The van der Waals surface area contributed by atoms with Crippen molar-refractivity contribution in [3.63, 3.8) is 0 Å². The Balaban J connectivity index is 1.74. The van der Waals surface area contributed by atoms with Gasteiger partial charge in [0.05, 0.1) is 12.2 Å². The van der Waals surface area contributed by atoms with Gasteiger partial charge in [-0.25, -0.2) is 8.42 Å². The number of anilines is 2. The maximum atomic E-state index is 13.4. The van der Waals surface area contributed by atoms with Crippen LogP contribution >= 0.6 is 11.6 Å².